The minimum absolute atomic E-state index is 0.293. The fourth-order valence-electron chi connectivity index (χ4n) is 1.85. The number of rotatable bonds is 4. The Balaban J connectivity index is 2.05. The summed E-state index contributed by atoms with van der Waals surface area (Å²) in [7, 11) is 1.58. The van der Waals surface area contributed by atoms with Crippen LogP contribution >= 0.6 is 0 Å². The molecule has 0 radical (unpaired) electrons. The molecule has 1 aromatic rings. The third-order valence-electron chi connectivity index (χ3n) is 3.39. The molecular weight excluding hydrogens is 235 g/mol. The van der Waals surface area contributed by atoms with E-state index in [1.54, 1.807) is 31.4 Å². The average molecular weight is 254 g/mol. The smallest absolute Gasteiger partial charge is 0.269 e. The van der Waals surface area contributed by atoms with Crippen LogP contribution in [0.15, 0.2) is 24.3 Å². The van der Waals surface area contributed by atoms with Crippen molar-refractivity contribution in [2.45, 2.75) is 32.7 Å². The van der Waals surface area contributed by atoms with Crippen LogP contribution in [0.5, 0.6) is 11.5 Å². The Bertz CT molecular complexity index is 404. The molecule has 2 atom stereocenters. The number of ether oxygens (including phenoxy) is 3. The van der Waals surface area contributed by atoms with Crippen molar-refractivity contribution in [1.82, 2.24) is 0 Å². The van der Waals surface area contributed by atoms with Gasteiger partial charge >= 0.3 is 0 Å². The van der Waals surface area contributed by atoms with E-state index in [0.29, 0.717) is 18.1 Å². The van der Waals surface area contributed by atoms with E-state index in [0.717, 1.165) is 0 Å². The van der Waals surface area contributed by atoms with Crippen LogP contribution in [0, 0.1) is 5.41 Å². The van der Waals surface area contributed by atoms with Crippen molar-refractivity contribution in [2.75, 3.05) is 13.7 Å². The van der Waals surface area contributed by atoms with Crippen LogP contribution in [0.25, 0.3) is 0 Å². The molecule has 18 heavy (non-hydrogen) atoms. The van der Waals surface area contributed by atoms with E-state index < -0.39 is 12.0 Å². The number of methoxy groups -OCH3 is 1. The SMILES string of the molecule is COc1ccc(OC(F)C2(C(C)(C)C)CO2)cc1. The molecule has 0 N–H and O–H groups in total. The van der Waals surface area contributed by atoms with E-state index >= 15 is 0 Å². The van der Waals surface area contributed by atoms with Crippen molar-refractivity contribution >= 4 is 0 Å². The summed E-state index contributed by atoms with van der Waals surface area (Å²) in [5, 5.41) is 0. The molecule has 1 saturated heterocycles. The molecule has 0 saturated carbocycles. The molecule has 100 valence electrons. The third-order valence-corrected chi connectivity index (χ3v) is 3.39. The number of alkyl halides is 1. The first-order valence-corrected chi connectivity index (χ1v) is 5.98. The lowest BCUT2D eigenvalue weighted by Gasteiger charge is -2.30. The molecule has 4 heteroatoms. The zero-order chi connectivity index (χ0) is 13.4. The predicted octanol–water partition coefficient (Wildman–Crippen LogP) is 3.18. The molecule has 1 aromatic carbocycles. The van der Waals surface area contributed by atoms with Gasteiger partial charge in [-0.15, -0.1) is 0 Å². The van der Waals surface area contributed by atoms with Gasteiger partial charge in [0.25, 0.3) is 6.36 Å². The van der Waals surface area contributed by atoms with Crippen molar-refractivity contribution in [3.63, 3.8) is 0 Å². The van der Waals surface area contributed by atoms with Gasteiger partial charge in [0.05, 0.1) is 13.7 Å². The second kappa shape index (κ2) is 4.43. The summed E-state index contributed by atoms with van der Waals surface area (Å²) in [5.74, 6) is 1.19. The minimum atomic E-state index is -1.47. The monoisotopic (exact) mass is 254 g/mol. The second-order valence-electron chi connectivity index (χ2n) is 5.54. The summed E-state index contributed by atoms with van der Waals surface area (Å²) in [6.45, 7) is 6.24. The zero-order valence-electron chi connectivity index (χ0n) is 11.2. The van der Waals surface area contributed by atoms with Crippen molar-refractivity contribution in [2.24, 2.45) is 5.41 Å². The van der Waals surface area contributed by atoms with Gasteiger partial charge in [-0.2, -0.15) is 4.39 Å². The Morgan fingerprint density at radius 1 is 1.22 bits per heavy atom. The number of halogens is 1. The molecule has 1 heterocycles. The largest absolute Gasteiger partial charge is 0.497 e. The van der Waals surface area contributed by atoms with E-state index in [1.807, 2.05) is 20.8 Å². The third kappa shape index (κ3) is 2.29. The van der Waals surface area contributed by atoms with Crippen molar-refractivity contribution in [3.8, 4) is 11.5 Å². The highest BCUT2D eigenvalue weighted by Gasteiger charge is 2.62. The fraction of sp³-hybridized carbons (Fsp3) is 0.571. The maximum atomic E-state index is 14.2. The highest BCUT2D eigenvalue weighted by atomic mass is 19.1. The Morgan fingerprint density at radius 2 is 1.72 bits per heavy atom. The van der Waals surface area contributed by atoms with E-state index in [-0.39, 0.29) is 5.41 Å². The first-order valence-electron chi connectivity index (χ1n) is 5.98. The van der Waals surface area contributed by atoms with Crippen LogP contribution in [0.4, 0.5) is 4.39 Å². The molecule has 3 nitrogen and oxygen atoms in total. The Kier molecular flexibility index (Phi) is 3.23. The lowest BCUT2D eigenvalue weighted by molar-refractivity contribution is -0.0544. The molecule has 1 aliphatic heterocycles. The predicted molar refractivity (Wildman–Crippen MR) is 66.7 cm³/mol. The summed E-state index contributed by atoms with van der Waals surface area (Å²) in [5.41, 5.74) is -1.12. The summed E-state index contributed by atoms with van der Waals surface area (Å²) >= 11 is 0. The van der Waals surface area contributed by atoms with Gasteiger partial charge in [-0.25, -0.2) is 0 Å². The van der Waals surface area contributed by atoms with E-state index in [9.17, 15) is 4.39 Å². The quantitative estimate of drug-likeness (QED) is 0.773. The van der Waals surface area contributed by atoms with Crippen LogP contribution in [0.1, 0.15) is 20.8 Å². The van der Waals surface area contributed by atoms with Gasteiger partial charge in [0.2, 0.25) is 0 Å². The highest BCUT2D eigenvalue weighted by Crippen LogP contribution is 2.48. The first-order chi connectivity index (χ1) is 8.39. The summed E-state index contributed by atoms with van der Waals surface area (Å²) in [6.07, 6.45) is -1.47. The van der Waals surface area contributed by atoms with Gasteiger partial charge in [-0.1, -0.05) is 20.8 Å². The number of benzene rings is 1. The molecule has 0 amide bonds. The van der Waals surface area contributed by atoms with Gasteiger partial charge in [0.1, 0.15) is 11.5 Å². The van der Waals surface area contributed by atoms with Gasteiger partial charge in [0.15, 0.2) is 5.60 Å². The normalized spacial score (nSPS) is 24.5. The van der Waals surface area contributed by atoms with Crippen molar-refractivity contribution < 1.29 is 18.6 Å². The average Bonchev–Trinajstić information content (AvgIpc) is 3.10. The summed E-state index contributed by atoms with van der Waals surface area (Å²) < 4.78 is 29.9. The lowest BCUT2D eigenvalue weighted by Crippen LogP contribution is -2.42. The van der Waals surface area contributed by atoms with Gasteiger partial charge < -0.3 is 14.2 Å². The van der Waals surface area contributed by atoms with Crippen LogP contribution < -0.4 is 9.47 Å². The van der Waals surface area contributed by atoms with E-state index in [1.165, 1.54) is 0 Å². The molecule has 0 aromatic heterocycles. The molecule has 2 unspecified atom stereocenters. The zero-order valence-corrected chi connectivity index (χ0v) is 11.2. The Labute approximate surface area is 107 Å². The first kappa shape index (κ1) is 13.1. The van der Waals surface area contributed by atoms with Crippen LogP contribution in [-0.2, 0) is 4.74 Å². The molecule has 1 fully saturated rings. The number of hydrogen-bond donors (Lipinski definition) is 0. The molecule has 0 bridgehead atoms. The van der Waals surface area contributed by atoms with Gasteiger partial charge in [-0.3, -0.25) is 0 Å². The van der Waals surface area contributed by atoms with Gasteiger partial charge in [-0.05, 0) is 29.7 Å². The molecule has 1 aliphatic rings. The Hall–Kier alpha value is -1.29. The maximum Gasteiger partial charge on any atom is 0.269 e. The summed E-state index contributed by atoms with van der Waals surface area (Å²) in [4.78, 5) is 0. The molecule has 2 rings (SSSR count). The maximum absolute atomic E-state index is 14.2. The van der Waals surface area contributed by atoms with Crippen molar-refractivity contribution in [1.29, 1.82) is 0 Å². The van der Waals surface area contributed by atoms with Gasteiger partial charge in [0, 0.05) is 0 Å². The van der Waals surface area contributed by atoms with E-state index in [2.05, 4.69) is 0 Å². The van der Waals surface area contributed by atoms with Crippen LogP contribution in [0.2, 0.25) is 0 Å². The molecular formula is C14H19FO3. The van der Waals surface area contributed by atoms with Crippen LogP contribution in [-0.4, -0.2) is 25.7 Å². The van der Waals surface area contributed by atoms with Crippen molar-refractivity contribution in [3.05, 3.63) is 24.3 Å². The topological polar surface area (TPSA) is 31.0 Å². The van der Waals surface area contributed by atoms with Crippen LogP contribution in [0.3, 0.4) is 0 Å². The summed E-state index contributed by atoms with van der Waals surface area (Å²) in [6, 6.07) is 6.84. The Morgan fingerprint density at radius 3 is 2.11 bits per heavy atom. The van der Waals surface area contributed by atoms with E-state index in [4.69, 9.17) is 14.2 Å². The number of hydrogen-bond acceptors (Lipinski definition) is 3. The minimum Gasteiger partial charge on any atom is -0.497 e. The molecule has 0 spiro atoms. The fourth-order valence-corrected chi connectivity index (χ4v) is 1.85. The lowest BCUT2D eigenvalue weighted by atomic mass is 9.81. The molecule has 0 aliphatic carbocycles. The second-order valence-corrected chi connectivity index (χ2v) is 5.54. The standard InChI is InChI=1S/C14H19FO3/c1-13(2,3)14(9-17-14)12(15)18-11-7-5-10(16-4)6-8-11/h5-8,12H,9H2,1-4H3. The number of epoxide rings is 1. The highest BCUT2D eigenvalue weighted by molar-refractivity contribution is 5.31.